The second kappa shape index (κ2) is 8.24. The third-order valence-corrected chi connectivity index (χ3v) is 5.55. The lowest BCUT2D eigenvalue weighted by molar-refractivity contribution is -0.123. The molecular formula is C19H22ClFN4O2. The quantitative estimate of drug-likeness (QED) is 0.852. The first-order valence-corrected chi connectivity index (χ1v) is 9.49. The fourth-order valence-electron chi connectivity index (χ4n) is 3.70. The standard InChI is InChI=1S/C19H22ClFN4O2/c20-16-11-14(21)3-4-15(16)18(27)25-9-7-24(8-10-25)12-17(26)23-19(13-22)5-1-2-6-19/h3-4,11H,1-2,5-10,12H2,(H,23,26). The van der Waals surface area contributed by atoms with Crippen LogP contribution in [0, 0.1) is 17.1 Å². The number of nitrogens with zero attached hydrogens (tertiary/aromatic N) is 3. The Balaban J connectivity index is 1.51. The molecule has 8 heteroatoms. The fraction of sp³-hybridized carbons (Fsp3) is 0.526. The number of carbonyl (C=O) groups excluding carboxylic acids is 2. The van der Waals surface area contributed by atoms with E-state index < -0.39 is 11.4 Å². The van der Waals surface area contributed by atoms with Gasteiger partial charge in [0.2, 0.25) is 5.91 Å². The molecule has 1 heterocycles. The van der Waals surface area contributed by atoms with E-state index >= 15 is 0 Å². The molecule has 6 nitrogen and oxygen atoms in total. The molecular weight excluding hydrogens is 371 g/mol. The molecule has 1 aromatic carbocycles. The Labute approximate surface area is 162 Å². The monoisotopic (exact) mass is 392 g/mol. The molecule has 3 rings (SSSR count). The van der Waals surface area contributed by atoms with E-state index in [1.807, 2.05) is 4.90 Å². The number of benzene rings is 1. The van der Waals surface area contributed by atoms with Crippen LogP contribution in [0.2, 0.25) is 5.02 Å². The summed E-state index contributed by atoms with van der Waals surface area (Å²) in [7, 11) is 0. The molecule has 2 fully saturated rings. The van der Waals surface area contributed by atoms with Gasteiger partial charge in [0.05, 0.1) is 23.2 Å². The summed E-state index contributed by atoms with van der Waals surface area (Å²) >= 11 is 5.97. The van der Waals surface area contributed by atoms with E-state index in [1.54, 1.807) is 4.90 Å². The van der Waals surface area contributed by atoms with Gasteiger partial charge in [-0.15, -0.1) is 0 Å². The molecule has 0 aromatic heterocycles. The first-order valence-electron chi connectivity index (χ1n) is 9.11. The van der Waals surface area contributed by atoms with Gasteiger partial charge in [0.25, 0.3) is 5.91 Å². The number of nitrogens with one attached hydrogen (secondary N) is 1. The highest BCUT2D eigenvalue weighted by molar-refractivity contribution is 6.33. The van der Waals surface area contributed by atoms with E-state index in [0.717, 1.165) is 18.9 Å². The molecule has 1 saturated carbocycles. The van der Waals surface area contributed by atoms with Crippen molar-refractivity contribution in [2.45, 2.75) is 31.2 Å². The molecule has 0 atom stereocenters. The van der Waals surface area contributed by atoms with E-state index in [1.165, 1.54) is 12.1 Å². The van der Waals surface area contributed by atoms with Crippen LogP contribution in [-0.2, 0) is 4.79 Å². The van der Waals surface area contributed by atoms with Crippen molar-refractivity contribution in [1.29, 1.82) is 5.26 Å². The second-order valence-corrected chi connectivity index (χ2v) is 7.55. The first kappa shape index (κ1) is 19.6. The molecule has 2 amide bonds. The van der Waals surface area contributed by atoms with E-state index in [9.17, 15) is 19.2 Å². The minimum atomic E-state index is -0.714. The summed E-state index contributed by atoms with van der Waals surface area (Å²) in [5.74, 6) is -0.872. The third-order valence-electron chi connectivity index (χ3n) is 5.24. The zero-order chi connectivity index (χ0) is 19.4. The van der Waals surface area contributed by atoms with Gasteiger partial charge < -0.3 is 10.2 Å². The topological polar surface area (TPSA) is 76.4 Å². The van der Waals surface area contributed by atoms with Crippen LogP contribution in [0.1, 0.15) is 36.0 Å². The zero-order valence-corrected chi connectivity index (χ0v) is 15.8. The van der Waals surface area contributed by atoms with Gasteiger partial charge in [-0.3, -0.25) is 14.5 Å². The smallest absolute Gasteiger partial charge is 0.255 e. The lowest BCUT2D eigenvalue weighted by Crippen LogP contribution is -2.53. The number of piperazine rings is 1. The van der Waals surface area contributed by atoms with Crippen LogP contribution in [0.15, 0.2) is 18.2 Å². The Morgan fingerprint density at radius 3 is 2.48 bits per heavy atom. The van der Waals surface area contributed by atoms with Crippen molar-refractivity contribution < 1.29 is 14.0 Å². The van der Waals surface area contributed by atoms with E-state index in [2.05, 4.69) is 11.4 Å². The number of hydrogen-bond donors (Lipinski definition) is 1. The maximum atomic E-state index is 13.2. The zero-order valence-electron chi connectivity index (χ0n) is 15.0. The van der Waals surface area contributed by atoms with Crippen LogP contribution in [0.4, 0.5) is 4.39 Å². The molecule has 27 heavy (non-hydrogen) atoms. The van der Waals surface area contributed by atoms with Crippen molar-refractivity contribution >= 4 is 23.4 Å². The van der Waals surface area contributed by atoms with Crippen LogP contribution in [-0.4, -0.2) is 59.9 Å². The Morgan fingerprint density at radius 2 is 1.89 bits per heavy atom. The van der Waals surface area contributed by atoms with Crippen LogP contribution in [0.5, 0.6) is 0 Å². The van der Waals surface area contributed by atoms with Gasteiger partial charge in [-0.2, -0.15) is 5.26 Å². The summed E-state index contributed by atoms with van der Waals surface area (Å²) in [4.78, 5) is 28.5. The number of amides is 2. The van der Waals surface area contributed by atoms with Gasteiger partial charge in [-0.1, -0.05) is 11.6 Å². The normalized spacial score (nSPS) is 19.5. The largest absolute Gasteiger partial charge is 0.337 e. The van der Waals surface area contributed by atoms with Crippen molar-refractivity contribution in [2.24, 2.45) is 0 Å². The van der Waals surface area contributed by atoms with Crippen molar-refractivity contribution in [3.8, 4) is 6.07 Å². The first-order chi connectivity index (χ1) is 12.9. The molecule has 1 aliphatic carbocycles. The molecule has 1 N–H and O–H groups in total. The molecule has 0 unspecified atom stereocenters. The summed E-state index contributed by atoms with van der Waals surface area (Å²) < 4.78 is 13.2. The predicted molar refractivity (Wildman–Crippen MR) is 98.7 cm³/mol. The molecule has 0 bridgehead atoms. The van der Waals surface area contributed by atoms with Crippen molar-refractivity contribution in [3.63, 3.8) is 0 Å². The minimum absolute atomic E-state index is 0.0974. The maximum absolute atomic E-state index is 13.2. The van der Waals surface area contributed by atoms with Gasteiger partial charge in [0.1, 0.15) is 11.4 Å². The summed E-state index contributed by atoms with van der Waals surface area (Å²) in [6.45, 7) is 2.24. The van der Waals surface area contributed by atoms with E-state index in [0.29, 0.717) is 39.0 Å². The predicted octanol–water partition coefficient (Wildman–Crippen LogP) is 2.19. The van der Waals surface area contributed by atoms with Gasteiger partial charge >= 0.3 is 0 Å². The van der Waals surface area contributed by atoms with Crippen molar-refractivity contribution in [2.75, 3.05) is 32.7 Å². The summed E-state index contributed by atoms with van der Waals surface area (Å²) in [6.07, 6.45) is 3.33. The molecule has 0 radical (unpaired) electrons. The maximum Gasteiger partial charge on any atom is 0.255 e. The highest BCUT2D eigenvalue weighted by atomic mass is 35.5. The SMILES string of the molecule is N#CC1(NC(=O)CN2CCN(C(=O)c3ccc(F)cc3Cl)CC2)CCCC1. The number of halogens is 2. The van der Waals surface area contributed by atoms with Gasteiger partial charge in [-0.05, 0) is 43.9 Å². The fourth-order valence-corrected chi connectivity index (χ4v) is 3.94. The van der Waals surface area contributed by atoms with Gasteiger partial charge in [0, 0.05) is 26.2 Å². The summed E-state index contributed by atoms with van der Waals surface area (Å²) in [5.41, 5.74) is -0.435. The van der Waals surface area contributed by atoms with Crippen LogP contribution < -0.4 is 5.32 Å². The molecule has 0 spiro atoms. The minimum Gasteiger partial charge on any atom is -0.337 e. The van der Waals surface area contributed by atoms with Crippen LogP contribution in [0.3, 0.4) is 0 Å². The molecule has 1 aromatic rings. The molecule has 1 saturated heterocycles. The highest BCUT2D eigenvalue weighted by Gasteiger charge is 2.35. The van der Waals surface area contributed by atoms with Crippen molar-refractivity contribution in [1.82, 2.24) is 15.1 Å². The Bertz CT molecular complexity index is 765. The molecule has 2 aliphatic rings. The van der Waals surface area contributed by atoms with Crippen LogP contribution >= 0.6 is 11.6 Å². The average Bonchev–Trinajstić information content (AvgIpc) is 3.10. The highest BCUT2D eigenvalue weighted by Crippen LogP contribution is 2.28. The van der Waals surface area contributed by atoms with Gasteiger partial charge in [0.15, 0.2) is 0 Å². The Morgan fingerprint density at radius 1 is 1.22 bits per heavy atom. The van der Waals surface area contributed by atoms with Crippen molar-refractivity contribution in [3.05, 3.63) is 34.6 Å². The number of nitriles is 1. The van der Waals surface area contributed by atoms with E-state index in [4.69, 9.17) is 11.6 Å². The van der Waals surface area contributed by atoms with E-state index in [-0.39, 0.29) is 28.9 Å². The lowest BCUT2D eigenvalue weighted by Gasteiger charge is -2.35. The Hall–Kier alpha value is -2.17. The Kier molecular flexibility index (Phi) is 5.98. The van der Waals surface area contributed by atoms with Crippen LogP contribution in [0.25, 0.3) is 0 Å². The molecule has 144 valence electrons. The average molecular weight is 393 g/mol. The third kappa shape index (κ3) is 4.57. The molecule has 1 aliphatic heterocycles. The number of rotatable bonds is 4. The number of hydrogen-bond acceptors (Lipinski definition) is 4. The van der Waals surface area contributed by atoms with Gasteiger partial charge in [-0.25, -0.2) is 4.39 Å². The lowest BCUT2D eigenvalue weighted by atomic mass is 10.00. The summed E-state index contributed by atoms with van der Waals surface area (Å²) in [5, 5.41) is 12.3. The number of carbonyl (C=O) groups is 2. The summed E-state index contributed by atoms with van der Waals surface area (Å²) in [6, 6.07) is 5.99. The second-order valence-electron chi connectivity index (χ2n) is 7.14.